The first-order valence-corrected chi connectivity index (χ1v) is 26.4. The molecule has 4 atom stereocenters. The summed E-state index contributed by atoms with van der Waals surface area (Å²) in [5.41, 5.74) is 12.5. The number of carbonyl (C=O) groups is 6. The summed E-state index contributed by atoms with van der Waals surface area (Å²) in [6.07, 6.45) is 4.50. The van der Waals surface area contributed by atoms with Crippen LogP contribution in [0.15, 0.2) is 73.8 Å². The minimum atomic E-state index is -1.07. The van der Waals surface area contributed by atoms with Gasteiger partial charge in [0.1, 0.15) is 24.2 Å². The molecule has 8 bridgehead atoms. The van der Waals surface area contributed by atoms with E-state index >= 15 is 0 Å². The minimum absolute atomic E-state index is 0. The van der Waals surface area contributed by atoms with Gasteiger partial charge in [0.2, 0.25) is 23.6 Å². The van der Waals surface area contributed by atoms with Gasteiger partial charge < -0.3 is 46.6 Å². The number of benzene rings is 1. The number of aryl methyl sites for hydroxylation is 3. The number of ether oxygens (including phenoxy) is 1. The van der Waals surface area contributed by atoms with E-state index in [1.54, 1.807) is 26.0 Å². The normalized spacial score (nSPS) is 13.5. The number of esters is 1. The molecule has 0 spiro atoms. The van der Waals surface area contributed by atoms with Crippen LogP contribution in [-0.4, -0.2) is 87.4 Å². The predicted octanol–water partition coefficient (Wildman–Crippen LogP) is 8.38. The largest absolute Gasteiger partial charge is 2.00 e. The number of amides is 4. The number of carboxylic acid groups (broad SMARTS) is 1. The van der Waals surface area contributed by atoms with Gasteiger partial charge in [0.25, 0.3) is 0 Å². The Kier molecular flexibility index (Phi) is 25.1. The third kappa shape index (κ3) is 16.5. The van der Waals surface area contributed by atoms with E-state index in [1.165, 1.54) is 7.11 Å². The number of hydrogen-bond acceptors (Lipinski definition) is 9. The molecule has 0 saturated carbocycles. The van der Waals surface area contributed by atoms with Crippen LogP contribution in [-0.2, 0) is 63.4 Å². The van der Waals surface area contributed by atoms with Crippen LogP contribution in [0.1, 0.15) is 138 Å². The number of fused-ring (bicyclic) bond motifs is 8. The Labute approximate surface area is 486 Å². The number of nitrogens with one attached hydrogen (secondary N) is 4. The fourth-order valence-electron chi connectivity index (χ4n) is 9.80. The van der Waals surface area contributed by atoms with Crippen LogP contribution < -0.4 is 31.2 Å². The van der Waals surface area contributed by atoms with Gasteiger partial charge in [-0.25, -0.2) is 14.8 Å². The summed E-state index contributed by atoms with van der Waals surface area (Å²) in [5, 5.41) is 21.3. The first-order valence-electron chi connectivity index (χ1n) is 26.4. The molecule has 0 radical (unpaired) electrons. The molecule has 6 rings (SSSR count). The van der Waals surface area contributed by atoms with Crippen molar-refractivity contribution in [2.45, 2.75) is 138 Å². The molecule has 430 valence electrons. The number of carboxylic acids is 1. The number of allylic oxidation sites excluding steroid dienone is 5. The molecule has 80 heavy (non-hydrogen) atoms. The quantitative estimate of drug-likeness (QED) is 0.0346. The van der Waals surface area contributed by atoms with E-state index in [4.69, 9.17) is 24.7 Å². The maximum Gasteiger partial charge on any atom is 2.00 e. The summed E-state index contributed by atoms with van der Waals surface area (Å²) in [4.78, 5) is 101. The average Bonchev–Trinajstić information content (AvgIpc) is 4.04. The van der Waals surface area contributed by atoms with E-state index in [0.717, 1.165) is 55.6 Å². The number of methoxy groups -OCH3 is 1. The SMILES string of the molecule is C=CC1=C(C)c2cc3[n-]c(cc4nc(cc5[n-]c(cc1n2)c(C)c5C=C)C(C)=C4CCC(=O)O)c(CCC(=O)N[C@H](CC(C)C)C(=O)N[C@H](CC(C)C)C(=O)N[C@@H](C(=O)N[C@H](Cc1ccccc1)C(=O)OC)C(C)C)c3C.Cl.O.[Fe+2]. The molecule has 0 saturated heterocycles. The van der Waals surface area contributed by atoms with Gasteiger partial charge in [-0.2, -0.15) is 0 Å². The molecule has 2 aliphatic heterocycles. The molecule has 0 aliphatic carbocycles. The van der Waals surface area contributed by atoms with E-state index in [9.17, 15) is 33.9 Å². The smallest absolute Gasteiger partial charge is 0.657 e. The van der Waals surface area contributed by atoms with Gasteiger partial charge in [0.05, 0.1) is 29.9 Å². The maximum atomic E-state index is 14.3. The van der Waals surface area contributed by atoms with Crippen LogP contribution in [0, 0.1) is 31.6 Å². The number of aliphatic carboxylic acids is 1. The Morgan fingerprint density at radius 3 is 1.77 bits per heavy atom. The van der Waals surface area contributed by atoms with Gasteiger partial charge in [-0.05, 0) is 99.0 Å². The molecule has 4 aromatic rings. The molecule has 5 heterocycles. The van der Waals surface area contributed by atoms with Crippen LogP contribution in [0.3, 0.4) is 0 Å². The van der Waals surface area contributed by atoms with Gasteiger partial charge in [0, 0.05) is 24.8 Å². The molecule has 7 N–H and O–H groups in total. The van der Waals surface area contributed by atoms with Gasteiger partial charge in [-0.1, -0.05) is 138 Å². The predicted molar refractivity (Wildman–Crippen MR) is 313 cm³/mol. The third-order valence-corrected chi connectivity index (χ3v) is 14.1. The second-order valence-corrected chi connectivity index (χ2v) is 21.1. The van der Waals surface area contributed by atoms with E-state index in [2.05, 4.69) is 34.4 Å². The number of halogens is 1. The van der Waals surface area contributed by atoms with E-state index in [0.29, 0.717) is 39.3 Å². The van der Waals surface area contributed by atoms with Crippen molar-refractivity contribution >= 4 is 98.4 Å². The molecule has 0 fully saturated rings. The van der Waals surface area contributed by atoms with Crippen LogP contribution in [0.5, 0.6) is 0 Å². The zero-order valence-electron chi connectivity index (χ0n) is 47.6. The number of hydrogen-bond donors (Lipinski definition) is 5. The first-order chi connectivity index (χ1) is 36.5. The first kappa shape index (κ1) is 67.2. The van der Waals surface area contributed by atoms with E-state index < -0.39 is 65.7 Å². The van der Waals surface area contributed by atoms with Crippen molar-refractivity contribution in [2.75, 3.05) is 7.11 Å². The Balaban J connectivity index is 0.00000560. The summed E-state index contributed by atoms with van der Waals surface area (Å²) in [6, 6.07) is 12.6. The molecule has 0 unspecified atom stereocenters. The molecule has 19 heteroatoms. The topological polar surface area (TPSA) is 265 Å². The van der Waals surface area contributed by atoms with E-state index in [-0.39, 0.29) is 91.7 Å². The zero-order chi connectivity index (χ0) is 56.4. The monoisotopic (exact) mass is 1160 g/mol. The molecule has 3 aromatic heterocycles. The van der Waals surface area contributed by atoms with Crippen molar-refractivity contribution < 1.29 is 61.2 Å². The van der Waals surface area contributed by atoms with Crippen molar-refractivity contribution in [1.82, 2.24) is 41.2 Å². The molecule has 1 aromatic carbocycles. The second kappa shape index (κ2) is 29.9. The van der Waals surface area contributed by atoms with Crippen molar-refractivity contribution in [3.63, 3.8) is 0 Å². The molecular weight excluding hydrogens is 1080 g/mol. The Bertz CT molecular complexity index is 3200. The Hall–Kier alpha value is -7.11. The van der Waals surface area contributed by atoms with Crippen molar-refractivity contribution in [2.24, 2.45) is 17.8 Å². The Morgan fingerprint density at radius 1 is 0.650 bits per heavy atom. The second-order valence-electron chi connectivity index (χ2n) is 21.1. The Morgan fingerprint density at radius 2 is 1.19 bits per heavy atom. The maximum absolute atomic E-state index is 14.3. The summed E-state index contributed by atoms with van der Waals surface area (Å²) in [5.74, 6) is -4.19. The molecule has 17 nitrogen and oxygen atoms in total. The molecule has 2 aliphatic rings. The number of aromatic nitrogens is 4. The van der Waals surface area contributed by atoms with Crippen LogP contribution in [0.25, 0.3) is 50.4 Å². The number of nitrogens with zero attached hydrogens (tertiary/aromatic N) is 4. The molecular formula is C61H77ClFeN8O9. The summed E-state index contributed by atoms with van der Waals surface area (Å²) < 4.78 is 5.00. The van der Waals surface area contributed by atoms with Gasteiger partial charge >= 0.3 is 29.0 Å². The standard InChI is InChI=1S/C61H76N8O8.ClH.Fe.H2O/c1-14-40-35(9)44-28-45-37(11)42(50(64-45)31-51-43(22-24-56(71)72)38(12)47(65-51)30-49-41(15-2)36(10)46(63-49)29-48(40)62-44)21-23-55(70)66-52(25-32(3)4)58(73)67-53(26-33(5)6)59(74)69-57(34(7)8)60(75)68-54(61(76)77-13)27-39-19-17-16-18-20-39;;;/h14-20,28-34,52-54,57H,1-2,21-27H2,3-13H3,(H7,62,63,64,65,66,67,68,69,70,71,72,73,74,75);1H;;1H2/q;;+2;/p-2/t52-,53-,54-,57-;;;/m1.../s1. The van der Waals surface area contributed by atoms with Crippen LogP contribution in [0.4, 0.5) is 0 Å². The minimum Gasteiger partial charge on any atom is -0.657 e. The number of carbonyl (C=O) groups excluding carboxylic acids is 5. The van der Waals surface area contributed by atoms with E-state index in [1.807, 2.05) is 110 Å². The summed E-state index contributed by atoms with van der Waals surface area (Å²) in [7, 11) is 1.24. The zero-order valence-corrected chi connectivity index (χ0v) is 49.5. The fourth-order valence-corrected chi connectivity index (χ4v) is 9.80. The third-order valence-electron chi connectivity index (χ3n) is 14.1. The van der Waals surface area contributed by atoms with Crippen molar-refractivity contribution in [3.05, 3.63) is 124 Å². The van der Waals surface area contributed by atoms with Crippen molar-refractivity contribution in [3.8, 4) is 0 Å². The molecule has 4 amide bonds. The average molecular weight is 1160 g/mol. The van der Waals surface area contributed by atoms with Gasteiger partial charge in [0.15, 0.2) is 0 Å². The van der Waals surface area contributed by atoms with Crippen molar-refractivity contribution in [1.29, 1.82) is 0 Å². The van der Waals surface area contributed by atoms with Crippen LogP contribution in [0.2, 0.25) is 0 Å². The summed E-state index contributed by atoms with van der Waals surface area (Å²) in [6.45, 7) is 27.2. The van der Waals surface area contributed by atoms with Gasteiger partial charge in [-0.3, -0.25) is 24.0 Å². The van der Waals surface area contributed by atoms with Crippen LogP contribution >= 0.6 is 12.4 Å². The van der Waals surface area contributed by atoms with Gasteiger partial charge in [-0.15, -0.1) is 34.5 Å². The fraction of sp³-hybridized carbons (Fsp3) is 0.410. The summed E-state index contributed by atoms with van der Waals surface area (Å²) >= 11 is 0. The number of rotatable bonds is 23.